The van der Waals surface area contributed by atoms with E-state index in [4.69, 9.17) is 33.0 Å². The number of hydrogen-bond acceptors (Lipinski definition) is 5. The molecule has 2 fully saturated rings. The Balaban J connectivity index is 1.38. The first-order valence-corrected chi connectivity index (χ1v) is 15.1. The minimum Gasteiger partial charge on any atom is -0.496 e. The maximum atomic E-state index is 16.1. The molecule has 1 saturated heterocycles. The minimum absolute atomic E-state index is 0.00655. The van der Waals surface area contributed by atoms with Crippen LogP contribution in [-0.4, -0.2) is 56.9 Å². The molecule has 4 aliphatic rings. The molecule has 1 aromatic heterocycles. The average Bonchev–Trinajstić information content (AvgIpc) is 3.57. The third kappa shape index (κ3) is 3.81. The molecule has 8 rings (SSSR count). The first-order valence-electron chi connectivity index (χ1n) is 14.3. The van der Waals surface area contributed by atoms with Gasteiger partial charge in [-0.05, 0) is 60.2 Å². The lowest BCUT2D eigenvalue weighted by Crippen LogP contribution is -2.61. The number of aromatic carboxylic acids is 1. The van der Waals surface area contributed by atoms with Crippen LogP contribution in [0.1, 0.15) is 52.0 Å². The van der Waals surface area contributed by atoms with Gasteiger partial charge in [0.05, 0.1) is 23.7 Å². The summed E-state index contributed by atoms with van der Waals surface area (Å²) in [7, 11) is 1.44. The average molecular weight is 621 g/mol. The van der Waals surface area contributed by atoms with Crippen LogP contribution < -0.4 is 10.1 Å². The molecule has 0 radical (unpaired) electrons. The smallest absolute Gasteiger partial charge is 0.339 e. The number of anilines is 1. The van der Waals surface area contributed by atoms with Crippen LogP contribution in [0.3, 0.4) is 0 Å². The van der Waals surface area contributed by atoms with Crippen molar-refractivity contribution >= 4 is 51.7 Å². The van der Waals surface area contributed by atoms with E-state index < -0.39 is 29.3 Å². The van der Waals surface area contributed by atoms with Gasteiger partial charge in [0.1, 0.15) is 22.7 Å². The van der Waals surface area contributed by atoms with Gasteiger partial charge in [0.2, 0.25) is 5.91 Å². The molecule has 1 amide bonds. The number of amides is 1. The summed E-state index contributed by atoms with van der Waals surface area (Å²) in [6, 6.07) is 13.1. The molecule has 3 aliphatic heterocycles. The van der Waals surface area contributed by atoms with Crippen molar-refractivity contribution in [3.8, 4) is 5.75 Å². The number of carboxylic acids is 1. The Labute approximate surface area is 256 Å². The van der Waals surface area contributed by atoms with Crippen LogP contribution in [-0.2, 0) is 17.6 Å². The Morgan fingerprint density at radius 2 is 2.02 bits per heavy atom. The summed E-state index contributed by atoms with van der Waals surface area (Å²) in [5.74, 6) is -1.81. The quantitative estimate of drug-likeness (QED) is 0.280. The maximum absolute atomic E-state index is 16.1. The fraction of sp³-hybridized carbons (Fsp3) is 0.344. The zero-order chi connectivity index (χ0) is 29.8. The van der Waals surface area contributed by atoms with E-state index >= 15 is 4.39 Å². The normalized spacial score (nSPS) is 26.0. The van der Waals surface area contributed by atoms with E-state index in [-0.39, 0.29) is 28.3 Å². The number of rotatable bonds is 5. The first kappa shape index (κ1) is 26.9. The van der Waals surface area contributed by atoms with Gasteiger partial charge in [0.15, 0.2) is 0 Å². The van der Waals surface area contributed by atoms with E-state index in [1.807, 2.05) is 16.8 Å². The van der Waals surface area contributed by atoms with Crippen LogP contribution in [0.2, 0.25) is 10.0 Å². The predicted molar refractivity (Wildman–Crippen MR) is 160 cm³/mol. The Hall–Kier alpha value is -3.66. The minimum atomic E-state index is -1.12. The zero-order valence-electron chi connectivity index (χ0n) is 23.1. The van der Waals surface area contributed by atoms with Gasteiger partial charge in [0.25, 0.3) is 0 Å². The van der Waals surface area contributed by atoms with Crippen LogP contribution >= 0.6 is 23.2 Å². The van der Waals surface area contributed by atoms with Crippen LogP contribution in [0.15, 0.2) is 48.5 Å². The van der Waals surface area contributed by atoms with Crippen molar-refractivity contribution in [3.05, 3.63) is 86.8 Å². The van der Waals surface area contributed by atoms with Gasteiger partial charge >= 0.3 is 5.97 Å². The number of fused-ring (bicyclic) bond motifs is 6. The second-order valence-corrected chi connectivity index (χ2v) is 12.9. The number of nitrogens with one attached hydrogen (secondary N) is 1. The molecule has 3 aromatic carbocycles. The molecule has 43 heavy (non-hydrogen) atoms. The highest BCUT2D eigenvalue weighted by Gasteiger charge is 2.67. The molecular formula is C32H27Cl2FN4O4. The van der Waals surface area contributed by atoms with E-state index in [1.165, 1.54) is 19.2 Å². The van der Waals surface area contributed by atoms with E-state index in [0.717, 1.165) is 29.5 Å². The van der Waals surface area contributed by atoms with Crippen molar-refractivity contribution in [2.45, 2.75) is 49.2 Å². The zero-order valence-corrected chi connectivity index (χ0v) is 24.6. The largest absolute Gasteiger partial charge is 0.496 e. The van der Waals surface area contributed by atoms with Crippen LogP contribution in [0.4, 0.5) is 10.1 Å². The second kappa shape index (κ2) is 9.42. The number of nitrogens with zero attached hydrogens (tertiary/aromatic N) is 3. The van der Waals surface area contributed by atoms with Crippen LogP contribution in [0.25, 0.3) is 10.9 Å². The lowest BCUT2D eigenvalue weighted by Gasteiger charge is -2.46. The molecule has 4 atom stereocenters. The van der Waals surface area contributed by atoms with Gasteiger partial charge in [0, 0.05) is 53.1 Å². The van der Waals surface area contributed by atoms with Crippen LogP contribution in [0.5, 0.6) is 5.75 Å². The number of benzene rings is 3. The molecule has 4 aromatic rings. The fourth-order valence-corrected chi connectivity index (χ4v) is 8.20. The summed E-state index contributed by atoms with van der Waals surface area (Å²) in [5.41, 5.74) is 2.27. The molecule has 11 heteroatoms. The standard InChI is InChI=1S/C32H27Cl2FN4O4/c1-43-26-11-19-23(10-20(26)30(40)41)37-39-24(19)12-25-29(39)27(18-3-2-4-21(34)28(18)35)32(38(25)14-15-5-6-15)13-16-7-8-17(33)9-22(16)36-31(32)42/h2-4,7-11,15,25,27,29H,5-6,12-14H2,1H3,(H,36,42)(H,40,41)/t25-,27-,29+,32+/m0/s1. The number of carboxylic acid groups (broad SMARTS) is 1. The van der Waals surface area contributed by atoms with Gasteiger partial charge < -0.3 is 15.2 Å². The number of hydrogen-bond donors (Lipinski definition) is 2. The molecule has 0 unspecified atom stereocenters. The highest BCUT2D eigenvalue weighted by atomic mass is 35.5. The third-order valence-electron chi connectivity index (χ3n) is 9.84. The lowest BCUT2D eigenvalue weighted by atomic mass is 9.71. The molecule has 8 nitrogen and oxygen atoms in total. The summed E-state index contributed by atoms with van der Waals surface area (Å²) >= 11 is 12.7. The maximum Gasteiger partial charge on any atom is 0.339 e. The number of carbonyl (C=O) groups excluding carboxylic acids is 1. The van der Waals surface area contributed by atoms with E-state index in [9.17, 15) is 14.7 Å². The molecule has 2 N–H and O–H groups in total. The Bertz CT molecular complexity index is 1870. The highest BCUT2D eigenvalue weighted by Crippen LogP contribution is 2.60. The summed E-state index contributed by atoms with van der Waals surface area (Å²) in [6.45, 7) is 0.700. The fourth-order valence-electron chi connectivity index (χ4n) is 7.85. The number of methoxy groups -OCH3 is 1. The van der Waals surface area contributed by atoms with Crippen molar-refractivity contribution in [2.24, 2.45) is 5.92 Å². The molecular weight excluding hydrogens is 594 g/mol. The second-order valence-electron chi connectivity index (χ2n) is 12.1. The van der Waals surface area contributed by atoms with Gasteiger partial charge in [-0.1, -0.05) is 41.4 Å². The number of halogens is 3. The first-order chi connectivity index (χ1) is 20.7. The lowest BCUT2D eigenvalue weighted by molar-refractivity contribution is -0.129. The van der Waals surface area contributed by atoms with E-state index in [0.29, 0.717) is 47.1 Å². The SMILES string of the molecule is COc1cc2c3n(nc2cc1C(=O)O)[C@@H]1[C@H](C3)N(CC2CC2)[C@]2(Cc3ccc(Cl)cc3NC2=O)[C@H]1c1cccc(Cl)c1F. The molecule has 0 bridgehead atoms. The topological polar surface area (TPSA) is 96.7 Å². The van der Waals surface area contributed by atoms with Crippen molar-refractivity contribution < 1.29 is 23.8 Å². The van der Waals surface area contributed by atoms with E-state index in [2.05, 4.69) is 10.2 Å². The predicted octanol–water partition coefficient (Wildman–Crippen LogP) is 6.10. The number of aromatic nitrogens is 2. The van der Waals surface area contributed by atoms with Crippen molar-refractivity contribution in [3.63, 3.8) is 0 Å². The summed E-state index contributed by atoms with van der Waals surface area (Å²) in [4.78, 5) is 28.8. The molecule has 4 heterocycles. The molecule has 1 spiro atoms. The van der Waals surface area contributed by atoms with Gasteiger partial charge in [-0.15, -0.1) is 0 Å². The molecule has 1 aliphatic carbocycles. The van der Waals surface area contributed by atoms with Gasteiger partial charge in [-0.3, -0.25) is 14.4 Å². The van der Waals surface area contributed by atoms with Crippen molar-refractivity contribution in [1.82, 2.24) is 14.7 Å². The van der Waals surface area contributed by atoms with Crippen LogP contribution in [0, 0.1) is 11.7 Å². The Morgan fingerprint density at radius 3 is 2.77 bits per heavy atom. The van der Waals surface area contributed by atoms with Gasteiger partial charge in [-0.2, -0.15) is 5.10 Å². The third-order valence-corrected chi connectivity index (χ3v) is 10.4. The molecule has 220 valence electrons. The Kier molecular flexibility index (Phi) is 5.90. The van der Waals surface area contributed by atoms with Crippen molar-refractivity contribution in [1.29, 1.82) is 0 Å². The number of carbonyl (C=O) groups is 2. The molecule has 1 saturated carbocycles. The van der Waals surface area contributed by atoms with E-state index in [1.54, 1.807) is 24.3 Å². The van der Waals surface area contributed by atoms with Gasteiger partial charge in [-0.25, -0.2) is 9.18 Å². The number of ether oxygens (including phenoxy) is 1. The highest BCUT2D eigenvalue weighted by molar-refractivity contribution is 6.31. The monoisotopic (exact) mass is 620 g/mol. The Morgan fingerprint density at radius 1 is 1.21 bits per heavy atom. The summed E-state index contributed by atoms with van der Waals surface area (Å²) in [5, 5.41) is 19.2. The number of likely N-dealkylation sites (tertiary alicyclic amines) is 1. The summed E-state index contributed by atoms with van der Waals surface area (Å²) in [6.07, 6.45) is 3.09. The summed E-state index contributed by atoms with van der Waals surface area (Å²) < 4.78 is 23.5. The van der Waals surface area contributed by atoms with Crippen molar-refractivity contribution in [2.75, 3.05) is 19.0 Å².